The van der Waals surface area contributed by atoms with E-state index >= 15 is 0 Å². The van der Waals surface area contributed by atoms with Gasteiger partial charge < -0.3 is 20.1 Å². The lowest BCUT2D eigenvalue weighted by molar-refractivity contribution is -0.161. The molecule has 0 bridgehead atoms. The van der Waals surface area contributed by atoms with Crippen molar-refractivity contribution in [1.82, 2.24) is 0 Å². The van der Waals surface area contributed by atoms with E-state index in [4.69, 9.17) is 24.3 Å². The SMILES string of the molecule is CC/C=C\C/C=C\C/C=C\C/C=C\C/C=C\C/C=C\C/C=C\C/C=C\CCCCCCCCC(=O)OC(COC(=O)CCCCC/C=C\C/C=C\C/C=C\C/C=C\C/C=C\CC)COP(=O)(O)OCCN. The molecule has 0 amide bonds. The van der Waals surface area contributed by atoms with Crippen LogP contribution >= 0.6 is 7.82 Å². The summed E-state index contributed by atoms with van der Waals surface area (Å²) in [7, 11) is -4.41. The van der Waals surface area contributed by atoms with Crippen LogP contribution in [0.15, 0.2) is 158 Å². The summed E-state index contributed by atoms with van der Waals surface area (Å²) in [6.07, 6.45) is 80.0. The van der Waals surface area contributed by atoms with Crippen molar-refractivity contribution in [1.29, 1.82) is 0 Å². The lowest BCUT2D eigenvalue weighted by Gasteiger charge is -2.19. The summed E-state index contributed by atoms with van der Waals surface area (Å²) in [5.74, 6) is -0.899. The van der Waals surface area contributed by atoms with Crippen LogP contribution in [-0.4, -0.2) is 49.3 Å². The van der Waals surface area contributed by atoms with Crippen LogP contribution < -0.4 is 5.73 Å². The Morgan fingerprint density at radius 1 is 0.423 bits per heavy atom. The molecule has 2 unspecified atom stereocenters. The van der Waals surface area contributed by atoms with E-state index in [9.17, 15) is 19.0 Å². The monoisotopic (exact) mass is 1000 g/mol. The van der Waals surface area contributed by atoms with Crippen LogP contribution in [0.3, 0.4) is 0 Å². The lowest BCUT2D eigenvalue weighted by Crippen LogP contribution is -2.29. The van der Waals surface area contributed by atoms with E-state index in [0.29, 0.717) is 12.8 Å². The van der Waals surface area contributed by atoms with E-state index in [1.165, 1.54) is 0 Å². The Kier molecular flexibility index (Phi) is 51.6. The first-order valence-corrected chi connectivity index (χ1v) is 28.5. The van der Waals surface area contributed by atoms with E-state index in [1.807, 2.05) is 0 Å². The Bertz CT molecular complexity index is 1710. The van der Waals surface area contributed by atoms with Gasteiger partial charge in [0.15, 0.2) is 6.10 Å². The molecule has 0 aliphatic carbocycles. The normalized spacial score (nSPS) is 14.4. The molecular weight excluding hydrogens is 906 g/mol. The second-order valence-corrected chi connectivity index (χ2v) is 18.4. The Balaban J connectivity index is 4.16. The minimum absolute atomic E-state index is 0.0361. The highest BCUT2D eigenvalue weighted by Crippen LogP contribution is 2.43. The standard InChI is InChI=1S/C61H96NO8P/c1-3-5-7-9-11-13-15-17-19-21-23-24-25-26-27-28-29-30-31-32-33-34-36-38-40-42-44-46-48-50-52-54-61(64)70-59(58-69-71(65,66)68-56-55-62)57-67-60(63)53-51-49-47-45-43-41-39-37-35-22-20-18-16-14-12-10-8-6-4-2/h5-8,11-14,17-20,23-24,26-27,29-30,32-33,35-38,41,43,59H,3-4,9-10,15-16,21-22,25,28,31,34,39-40,42,44-58,62H2,1-2H3,(H,65,66)/b7-5-,8-6-,13-11-,14-12-,19-17-,20-18-,24-23-,27-26-,30-29-,33-32-,37-35-,38-36-,43-41-. The van der Waals surface area contributed by atoms with Crippen molar-refractivity contribution in [2.24, 2.45) is 5.73 Å². The summed E-state index contributed by atoms with van der Waals surface area (Å²) in [5, 5.41) is 0. The van der Waals surface area contributed by atoms with Gasteiger partial charge in [0.2, 0.25) is 0 Å². The smallest absolute Gasteiger partial charge is 0.462 e. The summed E-state index contributed by atoms with van der Waals surface area (Å²) in [6, 6.07) is 0. The number of phosphoric acid groups is 1. The molecule has 0 spiro atoms. The van der Waals surface area contributed by atoms with Gasteiger partial charge in [-0.3, -0.25) is 18.6 Å². The molecule has 398 valence electrons. The number of phosphoric ester groups is 1. The second kappa shape index (κ2) is 55.0. The zero-order chi connectivity index (χ0) is 51.7. The van der Waals surface area contributed by atoms with Crippen molar-refractivity contribution in [2.45, 2.75) is 187 Å². The molecule has 0 heterocycles. The summed E-state index contributed by atoms with van der Waals surface area (Å²) in [4.78, 5) is 35.1. The minimum Gasteiger partial charge on any atom is -0.462 e. The summed E-state index contributed by atoms with van der Waals surface area (Å²) in [6.45, 7) is 3.42. The Morgan fingerprint density at radius 3 is 1.10 bits per heavy atom. The Morgan fingerprint density at radius 2 is 0.732 bits per heavy atom. The van der Waals surface area contributed by atoms with Gasteiger partial charge in [0.1, 0.15) is 6.61 Å². The first kappa shape index (κ1) is 66.6. The molecule has 10 heteroatoms. The molecule has 3 N–H and O–H groups in total. The molecule has 0 saturated carbocycles. The maximum absolute atomic E-state index is 12.7. The molecule has 0 saturated heterocycles. The van der Waals surface area contributed by atoms with Crippen molar-refractivity contribution >= 4 is 19.8 Å². The molecule has 0 aliphatic heterocycles. The van der Waals surface area contributed by atoms with Crippen molar-refractivity contribution in [3.05, 3.63) is 158 Å². The third kappa shape index (κ3) is 54.8. The molecule has 0 aromatic heterocycles. The fourth-order valence-electron chi connectivity index (χ4n) is 6.50. The zero-order valence-electron chi connectivity index (χ0n) is 44.1. The van der Waals surface area contributed by atoms with Gasteiger partial charge in [-0.1, -0.05) is 204 Å². The topological polar surface area (TPSA) is 134 Å². The van der Waals surface area contributed by atoms with Crippen molar-refractivity contribution in [3.8, 4) is 0 Å². The predicted octanol–water partition coefficient (Wildman–Crippen LogP) is 16.9. The highest BCUT2D eigenvalue weighted by atomic mass is 31.2. The number of rotatable bonds is 48. The summed E-state index contributed by atoms with van der Waals surface area (Å²) >= 11 is 0. The van der Waals surface area contributed by atoms with E-state index in [0.717, 1.165) is 141 Å². The maximum atomic E-state index is 12.7. The number of esters is 2. The number of ether oxygens (including phenoxy) is 2. The van der Waals surface area contributed by atoms with Gasteiger partial charge in [-0.05, 0) is 122 Å². The van der Waals surface area contributed by atoms with Crippen molar-refractivity contribution in [2.75, 3.05) is 26.4 Å². The largest absolute Gasteiger partial charge is 0.472 e. The molecule has 0 aromatic rings. The molecule has 71 heavy (non-hydrogen) atoms. The minimum atomic E-state index is -4.41. The number of carbonyl (C=O) groups excluding carboxylic acids is 2. The van der Waals surface area contributed by atoms with Crippen LogP contribution in [0, 0.1) is 0 Å². The van der Waals surface area contributed by atoms with Crippen LogP contribution in [0.5, 0.6) is 0 Å². The molecule has 9 nitrogen and oxygen atoms in total. The van der Waals surface area contributed by atoms with Gasteiger partial charge in [-0.25, -0.2) is 4.57 Å². The highest BCUT2D eigenvalue weighted by molar-refractivity contribution is 7.47. The van der Waals surface area contributed by atoms with E-state index in [2.05, 4.69) is 172 Å². The van der Waals surface area contributed by atoms with E-state index in [1.54, 1.807) is 0 Å². The van der Waals surface area contributed by atoms with Gasteiger partial charge in [0.05, 0.1) is 13.2 Å². The third-order valence-electron chi connectivity index (χ3n) is 10.4. The quantitative estimate of drug-likeness (QED) is 0.0264. The summed E-state index contributed by atoms with van der Waals surface area (Å²) in [5.41, 5.74) is 5.37. The van der Waals surface area contributed by atoms with Crippen LogP contribution in [0.4, 0.5) is 0 Å². The van der Waals surface area contributed by atoms with Gasteiger partial charge in [-0.15, -0.1) is 0 Å². The van der Waals surface area contributed by atoms with Gasteiger partial charge in [0.25, 0.3) is 0 Å². The van der Waals surface area contributed by atoms with Crippen LogP contribution in [0.1, 0.15) is 181 Å². The average molecular weight is 1000 g/mol. The molecular formula is C61H96NO8P. The number of allylic oxidation sites excluding steroid dienone is 26. The van der Waals surface area contributed by atoms with E-state index in [-0.39, 0.29) is 32.6 Å². The van der Waals surface area contributed by atoms with Gasteiger partial charge in [-0.2, -0.15) is 0 Å². The lowest BCUT2D eigenvalue weighted by atomic mass is 10.1. The number of hydrogen-bond acceptors (Lipinski definition) is 8. The van der Waals surface area contributed by atoms with Crippen LogP contribution in [0.25, 0.3) is 0 Å². The van der Waals surface area contributed by atoms with Gasteiger partial charge in [0, 0.05) is 19.4 Å². The fraction of sp³-hybridized carbons (Fsp3) is 0.541. The Hall–Kier alpha value is -4.37. The first-order valence-electron chi connectivity index (χ1n) is 27.0. The number of unbranched alkanes of at least 4 members (excludes halogenated alkanes) is 9. The summed E-state index contributed by atoms with van der Waals surface area (Å²) < 4.78 is 32.9. The van der Waals surface area contributed by atoms with Gasteiger partial charge >= 0.3 is 19.8 Å². The number of nitrogens with two attached hydrogens (primary N) is 1. The fourth-order valence-corrected chi connectivity index (χ4v) is 7.26. The zero-order valence-corrected chi connectivity index (χ0v) is 45.0. The average Bonchev–Trinajstić information content (AvgIpc) is 3.36. The molecule has 0 fully saturated rings. The molecule has 0 aliphatic rings. The molecule has 0 rings (SSSR count). The van der Waals surface area contributed by atoms with E-state index < -0.39 is 32.5 Å². The second-order valence-electron chi connectivity index (χ2n) is 17.0. The number of hydrogen-bond donors (Lipinski definition) is 2. The first-order chi connectivity index (χ1) is 34.8. The van der Waals surface area contributed by atoms with Crippen LogP contribution in [-0.2, 0) is 32.7 Å². The molecule has 0 radical (unpaired) electrons. The van der Waals surface area contributed by atoms with Crippen molar-refractivity contribution in [3.63, 3.8) is 0 Å². The van der Waals surface area contributed by atoms with Crippen molar-refractivity contribution < 1.29 is 37.6 Å². The molecule has 0 aromatic carbocycles. The number of carbonyl (C=O) groups is 2. The Labute approximate surface area is 432 Å². The van der Waals surface area contributed by atoms with Crippen LogP contribution in [0.2, 0.25) is 0 Å². The third-order valence-corrected chi connectivity index (χ3v) is 11.4. The highest BCUT2D eigenvalue weighted by Gasteiger charge is 2.26. The predicted molar refractivity (Wildman–Crippen MR) is 302 cm³/mol. The maximum Gasteiger partial charge on any atom is 0.472 e. The molecule has 2 atom stereocenters.